The Labute approximate surface area is 107 Å². The van der Waals surface area contributed by atoms with E-state index in [1.807, 2.05) is 0 Å². The van der Waals surface area contributed by atoms with Gasteiger partial charge in [-0.1, -0.05) is 0 Å². The number of carbonyl (C=O) groups excluding carboxylic acids is 1. The molecule has 18 heavy (non-hydrogen) atoms. The highest BCUT2D eigenvalue weighted by molar-refractivity contribution is 7.18. The number of aryl methyl sites for hydroxylation is 2. The lowest BCUT2D eigenvalue weighted by atomic mass is 10.2. The van der Waals surface area contributed by atoms with Crippen LogP contribution in [0.4, 0.5) is 0 Å². The summed E-state index contributed by atoms with van der Waals surface area (Å²) in [6.07, 6.45) is 3.03. The third kappa shape index (κ3) is 1.64. The summed E-state index contributed by atoms with van der Waals surface area (Å²) in [5.41, 5.74) is 0.876. The van der Waals surface area contributed by atoms with Crippen molar-refractivity contribution in [1.29, 1.82) is 0 Å². The fraction of sp³-hybridized carbons (Fsp3) is 0.417. The number of hydrogen-bond donors (Lipinski definition) is 1. The van der Waals surface area contributed by atoms with E-state index in [0.717, 1.165) is 24.8 Å². The first-order valence-corrected chi connectivity index (χ1v) is 6.74. The molecular formula is C12H12N2O3S. The van der Waals surface area contributed by atoms with Gasteiger partial charge in [0.05, 0.1) is 12.0 Å². The molecule has 0 saturated carbocycles. The summed E-state index contributed by atoms with van der Waals surface area (Å²) < 4.78 is 4.84. The Morgan fingerprint density at radius 1 is 1.50 bits per heavy atom. The van der Waals surface area contributed by atoms with Crippen LogP contribution in [0.5, 0.6) is 0 Å². The summed E-state index contributed by atoms with van der Waals surface area (Å²) in [6, 6.07) is 0. The predicted octanol–water partition coefficient (Wildman–Crippen LogP) is 1.65. The van der Waals surface area contributed by atoms with Gasteiger partial charge in [0, 0.05) is 4.88 Å². The molecule has 2 aromatic heterocycles. The SMILES string of the molecule is CCOC(=O)c1nc2sc3c(c2c(=O)[nH]1)CCC3. The Hall–Kier alpha value is -1.69. The van der Waals surface area contributed by atoms with Gasteiger partial charge >= 0.3 is 5.97 Å². The van der Waals surface area contributed by atoms with Crippen LogP contribution in [0, 0.1) is 0 Å². The van der Waals surface area contributed by atoms with Crippen LogP contribution in [0.15, 0.2) is 4.79 Å². The maximum atomic E-state index is 12.0. The maximum Gasteiger partial charge on any atom is 0.374 e. The molecule has 1 aliphatic rings. The normalized spacial score (nSPS) is 13.8. The van der Waals surface area contributed by atoms with E-state index in [4.69, 9.17) is 4.74 Å². The van der Waals surface area contributed by atoms with Crippen LogP contribution < -0.4 is 5.56 Å². The molecule has 0 atom stereocenters. The van der Waals surface area contributed by atoms with Crippen molar-refractivity contribution in [1.82, 2.24) is 9.97 Å². The number of ether oxygens (including phenoxy) is 1. The number of thiophene rings is 1. The summed E-state index contributed by atoms with van der Waals surface area (Å²) in [6.45, 7) is 1.98. The van der Waals surface area contributed by atoms with Gasteiger partial charge in [0.1, 0.15) is 4.83 Å². The molecule has 0 aliphatic heterocycles. The first-order chi connectivity index (χ1) is 8.70. The molecule has 0 fully saturated rings. The zero-order valence-electron chi connectivity index (χ0n) is 9.91. The molecular weight excluding hydrogens is 252 g/mol. The first-order valence-electron chi connectivity index (χ1n) is 5.92. The minimum Gasteiger partial charge on any atom is -0.460 e. The molecule has 2 aromatic rings. The van der Waals surface area contributed by atoms with Crippen LogP contribution in [0.2, 0.25) is 0 Å². The highest BCUT2D eigenvalue weighted by atomic mass is 32.1. The highest BCUT2D eigenvalue weighted by Gasteiger charge is 2.22. The zero-order chi connectivity index (χ0) is 12.7. The van der Waals surface area contributed by atoms with E-state index in [2.05, 4.69) is 9.97 Å². The number of carbonyl (C=O) groups is 1. The number of fused-ring (bicyclic) bond motifs is 3. The minimum absolute atomic E-state index is 0.00530. The van der Waals surface area contributed by atoms with Gasteiger partial charge in [0.15, 0.2) is 0 Å². The number of rotatable bonds is 2. The smallest absolute Gasteiger partial charge is 0.374 e. The molecule has 0 bridgehead atoms. The van der Waals surface area contributed by atoms with Crippen molar-refractivity contribution in [3.05, 3.63) is 26.6 Å². The zero-order valence-corrected chi connectivity index (χ0v) is 10.7. The van der Waals surface area contributed by atoms with Gasteiger partial charge in [-0.3, -0.25) is 4.79 Å². The molecule has 1 N–H and O–H groups in total. The monoisotopic (exact) mass is 264 g/mol. The molecule has 1 aliphatic carbocycles. The quantitative estimate of drug-likeness (QED) is 0.837. The maximum absolute atomic E-state index is 12.0. The average Bonchev–Trinajstić information content (AvgIpc) is 2.88. The summed E-state index contributed by atoms with van der Waals surface area (Å²) in [7, 11) is 0. The van der Waals surface area contributed by atoms with Crippen LogP contribution in [0.25, 0.3) is 10.2 Å². The van der Waals surface area contributed by atoms with Gasteiger partial charge in [0.2, 0.25) is 5.82 Å². The fourth-order valence-corrected chi connectivity index (χ4v) is 3.56. The number of esters is 1. The van der Waals surface area contributed by atoms with E-state index in [1.54, 1.807) is 6.92 Å². The number of hydrogen-bond acceptors (Lipinski definition) is 5. The second-order valence-electron chi connectivity index (χ2n) is 4.17. The van der Waals surface area contributed by atoms with Crippen molar-refractivity contribution in [2.45, 2.75) is 26.2 Å². The summed E-state index contributed by atoms with van der Waals surface area (Å²) in [5.74, 6) is -0.584. The number of H-pyrrole nitrogens is 1. The molecule has 0 spiro atoms. The lowest BCUT2D eigenvalue weighted by Crippen LogP contribution is -2.17. The van der Waals surface area contributed by atoms with Crippen molar-refractivity contribution in [3.63, 3.8) is 0 Å². The Balaban J connectivity index is 2.17. The standard InChI is InChI=1S/C12H12N2O3S/c1-2-17-12(16)9-13-10(15)8-6-4-3-5-7(6)18-11(8)14-9/h2-5H2,1H3,(H,13,14,15). The van der Waals surface area contributed by atoms with E-state index in [1.165, 1.54) is 16.2 Å². The molecule has 0 unspecified atom stereocenters. The highest BCUT2D eigenvalue weighted by Crippen LogP contribution is 2.34. The lowest BCUT2D eigenvalue weighted by molar-refractivity contribution is 0.0512. The lowest BCUT2D eigenvalue weighted by Gasteiger charge is -2.00. The second-order valence-corrected chi connectivity index (χ2v) is 5.26. The molecule has 0 aromatic carbocycles. The fourth-order valence-electron chi connectivity index (χ4n) is 2.30. The largest absolute Gasteiger partial charge is 0.460 e. The predicted molar refractivity (Wildman–Crippen MR) is 68.2 cm³/mol. The number of nitrogens with one attached hydrogen (secondary N) is 1. The van der Waals surface area contributed by atoms with Gasteiger partial charge in [-0.05, 0) is 31.7 Å². The van der Waals surface area contributed by atoms with Gasteiger partial charge in [-0.15, -0.1) is 11.3 Å². The van der Waals surface area contributed by atoms with Crippen LogP contribution in [-0.2, 0) is 17.6 Å². The van der Waals surface area contributed by atoms with E-state index in [0.29, 0.717) is 10.2 Å². The van der Waals surface area contributed by atoms with Crippen LogP contribution in [0.1, 0.15) is 34.4 Å². The molecule has 6 heteroatoms. The van der Waals surface area contributed by atoms with Crippen molar-refractivity contribution < 1.29 is 9.53 Å². The van der Waals surface area contributed by atoms with E-state index in [9.17, 15) is 9.59 Å². The van der Waals surface area contributed by atoms with Gasteiger partial charge in [0.25, 0.3) is 5.56 Å². The number of aromatic amines is 1. The van der Waals surface area contributed by atoms with Crippen LogP contribution >= 0.6 is 11.3 Å². The summed E-state index contributed by atoms with van der Waals surface area (Å²) in [5, 5.41) is 0.653. The number of nitrogens with zero attached hydrogens (tertiary/aromatic N) is 1. The van der Waals surface area contributed by atoms with Gasteiger partial charge in [-0.25, -0.2) is 9.78 Å². The van der Waals surface area contributed by atoms with E-state index < -0.39 is 5.97 Å². The first kappa shape index (κ1) is 11.4. The molecule has 2 heterocycles. The molecule has 94 valence electrons. The Morgan fingerprint density at radius 3 is 3.11 bits per heavy atom. The summed E-state index contributed by atoms with van der Waals surface area (Å²) >= 11 is 1.51. The van der Waals surface area contributed by atoms with Crippen LogP contribution in [0.3, 0.4) is 0 Å². The minimum atomic E-state index is -0.579. The molecule has 0 radical (unpaired) electrons. The average molecular weight is 264 g/mol. The molecule has 0 saturated heterocycles. The topological polar surface area (TPSA) is 72.0 Å². The Bertz CT molecular complexity index is 686. The molecule has 0 amide bonds. The Kier molecular flexibility index (Phi) is 2.66. The summed E-state index contributed by atoms with van der Waals surface area (Å²) in [4.78, 5) is 32.2. The van der Waals surface area contributed by atoms with Crippen LogP contribution in [-0.4, -0.2) is 22.5 Å². The third-order valence-corrected chi connectivity index (χ3v) is 4.23. The van der Waals surface area contributed by atoms with Gasteiger partial charge < -0.3 is 9.72 Å². The number of aromatic nitrogens is 2. The Morgan fingerprint density at radius 2 is 2.33 bits per heavy atom. The van der Waals surface area contributed by atoms with Crippen molar-refractivity contribution in [2.75, 3.05) is 6.61 Å². The third-order valence-electron chi connectivity index (χ3n) is 3.04. The van der Waals surface area contributed by atoms with E-state index in [-0.39, 0.29) is 18.0 Å². The van der Waals surface area contributed by atoms with E-state index >= 15 is 0 Å². The molecule has 3 rings (SSSR count). The van der Waals surface area contributed by atoms with Crippen molar-refractivity contribution in [3.8, 4) is 0 Å². The second kappa shape index (κ2) is 4.20. The van der Waals surface area contributed by atoms with Crippen molar-refractivity contribution in [2.24, 2.45) is 0 Å². The van der Waals surface area contributed by atoms with Crippen molar-refractivity contribution >= 4 is 27.5 Å². The molecule has 5 nitrogen and oxygen atoms in total. The van der Waals surface area contributed by atoms with Gasteiger partial charge in [-0.2, -0.15) is 0 Å².